The number of thiazole rings is 1. The molecule has 0 aliphatic carbocycles. The van der Waals surface area contributed by atoms with Gasteiger partial charge in [0, 0.05) is 0 Å². The Hall–Kier alpha value is -3.65. The summed E-state index contributed by atoms with van der Waals surface area (Å²) in [6, 6.07) is 14.3. The fourth-order valence-corrected chi connectivity index (χ4v) is 4.99. The number of ether oxygens (including phenoxy) is 3. The molecule has 3 aromatic rings. The number of rotatable bonds is 8. The van der Waals surface area contributed by atoms with Crippen molar-refractivity contribution in [2.45, 2.75) is 32.7 Å². The number of fused-ring (bicyclic) bond motifs is 1. The van der Waals surface area contributed by atoms with Gasteiger partial charge in [-0.05, 0) is 54.8 Å². The van der Waals surface area contributed by atoms with Crippen molar-refractivity contribution >= 4 is 23.4 Å². The Balaban J connectivity index is 1.79. The zero-order chi connectivity index (χ0) is 24.9. The van der Waals surface area contributed by atoms with Gasteiger partial charge in [-0.3, -0.25) is 9.36 Å². The Morgan fingerprint density at radius 1 is 1.09 bits per heavy atom. The summed E-state index contributed by atoms with van der Waals surface area (Å²) in [5.74, 6) is 0.971. The molecule has 1 atom stereocenters. The van der Waals surface area contributed by atoms with Crippen molar-refractivity contribution in [2.24, 2.45) is 4.99 Å². The van der Waals surface area contributed by atoms with Crippen LogP contribution in [0.15, 0.2) is 69.6 Å². The molecule has 0 unspecified atom stereocenters. The van der Waals surface area contributed by atoms with Crippen molar-refractivity contribution in [3.63, 3.8) is 0 Å². The number of carbonyl (C=O) groups is 1. The van der Waals surface area contributed by atoms with E-state index in [1.54, 1.807) is 30.7 Å². The Morgan fingerprint density at radius 3 is 2.40 bits per heavy atom. The van der Waals surface area contributed by atoms with Crippen LogP contribution in [0.25, 0.3) is 6.08 Å². The molecule has 0 radical (unpaired) electrons. The Kier molecular flexibility index (Phi) is 7.51. The third-order valence-electron chi connectivity index (χ3n) is 5.80. The summed E-state index contributed by atoms with van der Waals surface area (Å²) in [4.78, 5) is 31.4. The van der Waals surface area contributed by atoms with Crippen molar-refractivity contribution in [1.82, 2.24) is 4.57 Å². The highest BCUT2D eigenvalue weighted by Crippen LogP contribution is 2.31. The largest absolute Gasteiger partial charge is 0.497 e. The van der Waals surface area contributed by atoms with Crippen molar-refractivity contribution < 1.29 is 19.0 Å². The number of esters is 1. The molecule has 0 spiro atoms. The standard InChI is InChI=1S/C27H28N2O5S/c1-5-6-15-34-21-11-7-18(8-12-21)16-22-25(30)29-24(19-9-13-20(32-3)14-10-19)23(26(31)33-4)17(2)28-27(29)35-22/h7-14,16,24H,5-6,15H2,1-4H3/b22-16+/t24-/m0/s1. The summed E-state index contributed by atoms with van der Waals surface area (Å²) in [7, 11) is 2.92. The molecule has 1 aliphatic heterocycles. The average molecular weight is 493 g/mol. The predicted octanol–water partition coefficient (Wildman–Crippen LogP) is 3.60. The van der Waals surface area contributed by atoms with Gasteiger partial charge in [-0.2, -0.15) is 0 Å². The first kappa shape index (κ1) is 24.5. The van der Waals surface area contributed by atoms with Gasteiger partial charge < -0.3 is 14.2 Å². The lowest BCUT2D eigenvalue weighted by Crippen LogP contribution is -2.39. The topological polar surface area (TPSA) is 79.1 Å². The van der Waals surface area contributed by atoms with Crippen molar-refractivity contribution in [1.29, 1.82) is 0 Å². The molecule has 0 saturated carbocycles. The number of nitrogens with zero attached hydrogens (tertiary/aromatic N) is 2. The highest BCUT2D eigenvalue weighted by atomic mass is 32.1. The second kappa shape index (κ2) is 10.7. The molecule has 4 rings (SSSR count). The van der Waals surface area contributed by atoms with E-state index in [1.165, 1.54) is 18.4 Å². The molecule has 1 aromatic heterocycles. The van der Waals surface area contributed by atoms with Crippen LogP contribution in [0.5, 0.6) is 11.5 Å². The molecule has 35 heavy (non-hydrogen) atoms. The number of allylic oxidation sites excluding steroid dienone is 1. The SMILES string of the molecule is CCCCOc1ccc(/C=c2/sc3n(c2=O)[C@@H](c2ccc(OC)cc2)C(C(=O)OC)=C(C)N=3)cc1. The van der Waals surface area contributed by atoms with Gasteiger partial charge in [-0.15, -0.1) is 0 Å². The molecule has 1 aliphatic rings. The van der Waals surface area contributed by atoms with E-state index in [0.29, 0.717) is 33.0 Å². The molecule has 8 heteroatoms. The minimum absolute atomic E-state index is 0.216. The maximum absolute atomic E-state index is 13.6. The number of carbonyl (C=O) groups excluding carboxylic acids is 1. The van der Waals surface area contributed by atoms with E-state index in [9.17, 15) is 9.59 Å². The van der Waals surface area contributed by atoms with Gasteiger partial charge in [-0.25, -0.2) is 9.79 Å². The van der Waals surface area contributed by atoms with E-state index in [-0.39, 0.29) is 5.56 Å². The summed E-state index contributed by atoms with van der Waals surface area (Å²) in [6.45, 7) is 4.57. The summed E-state index contributed by atoms with van der Waals surface area (Å²) in [5.41, 5.74) is 2.29. The first-order chi connectivity index (χ1) is 17.0. The normalized spacial score (nSPS) is 15.4. The highest BCUT2D eigenvalue weighted by molar-refractivity contribution is 7.07. The van der Waals surface area contributed by atoms with Crippen LogP contribution in [0.1, 0.15) is 43.9 Å². The van der Waals surface area contributed by atoms with Crippen LogP contribution in [0.2, 0.25) is 0 Å². The molecule has 2 aromatic carbocycles. The molecule has 182 valence electrons. The van der Waals surface area contributed by atoms with Crippen molar-refractivity contribution in [3.05, 3.63) is 90.6 Å². The zero-order valence-electron chi connectivity index (χ0n) is 20.2. The lowest BCUT2D eigenvalue weighted by atomic mass is 9.96. The number of methoxy groups -OCH3 is 2. The quantitative estimate of drug-likeness (QED) is 0.355. The van der Waals surface area contributed by atoms with Crippen LogP contribution in [0.3, 0.4) is 0 Å². The van der Waals surface area contributed by atoms with E-state index in [4.69, 9.17) is 14.2 Å². The van der Waals surface area contributed by atoms with Crippen LogP contribution in [0, 0.1) is 0 Å². The average Bonchev–Trinajstić information content (AvgIpc) is 3.18. The Bertz CT molecular complexity index is 1420. The lowest BCUT2D eigenvalue weighted by Gasteiger charge is -2.24. The summed E-state index contributed by atoms with van der Waals surface area (Å²) >= 11 is 1.30. The smallest absolute Gasteiger partial charge is 0.338 e. The Morgan fingerprint density at radius 2 is 1.77 bits per heavy atom. The third kappa shape index (κ3) is 5.07. The van der Waals surface area contributed by atoms with E-state index in [0.717, 1.165) is 29.7 Å². The first-order valence-corrected chi connectivity index (χ1v) is 12.3. The van der Waals surface area contributed by atoms with Gasteiger partial charge in [-0.1, -0.05) is 48.9 Å². The molecule has 0 saturated heterocycles. The number of hydrogen-bond donors (Lipinski definition) is 0. The molecular weight excluding hydrogens is 464 g/mol. The number of unbranched alkanes of at least 4 members (excludes halogenated alkanes) is 1. The monoisotopic (exact) mass is 492 g/mol. The van der Waals surface area contributed by atoms with Gasteiger partial charge >= 0.3 is 5.97 Å². The fourth-order valence-electron chi connectivity index (χ4n) is 3.94. The maximum atomic E-state index is 13.6. The lowest BCUT2D eigenvalue weighted by molar-refractivity contribution is -0.136. The van der Waals surface area contributed by atoms with Gasteiger partial charge in [0.1, 0.15) is 11.5 Å². The van der Waals surface area contributed by atoms with Gasteiger partial charge in [0.2, 0.25) is 0 Å². The molecule has 0 bridgehead atoms. The minimum atomic E-state index is -0.652. The zero-order valence-corrected chi connectivity index (χ0v) is 21.1. The molecule has 2 heterocycles. The number of aromatic nitrogens is 1. The van der Waals surface area contributed by atoms with Crippen LogP contribution < -0.4 is 24.4 Å². The van der Waals surface area contributed by atoms with E-state index in [1.807, 2.05) is 42.5 Å². The third-order valence-corrected chi connectivity index (χ3v) is 6.79. The van der Waals surface area contributed by atoms with Gasteiger partial charge in [0.25, 0.3) is 5.56 Å². The van der Waals surface area contributed by atoms with Crippen molar-refractivity contribution in [2.75, 3.05) is 20.8 Å². The summed E-state index contributed by atoms with van der Waals surface area (Å²) in [5, 5.41) is 0. The van der Waals surface area contributed by atoms with Crippen molar-refractivity contribution in [3.8, 4) is 11.5 Å². The predicted molar refractivity (Wildman–Crippen MR) is 136 cm³/mol. The highest BCUT2D eigenvalue weighted by Gasteiger charge is 2.33. The maximum Gasteiger partial charge on any atom is 0.338 e. The van der Waals surface area contributed by atoms with Crippen LogP contribution in [-0.4, -0.2) is 31.4 Å². The first-order valence-electron chi connectivity index (χ1n) is 11.4. The van der Waals surface area contributed by atoms with E-state index >= 15 is 0 Å². The second-order valence-electron chi connectivity index (χ2n) is 8.12. The molecule has 0 fully saturated rings. The molecular formula is C27H28N2O5S. The molecule has 7 nitrogen and oxygen atoms in total. The van der Waals surface area contributed by atoms with E-state index < -0.39 is 12.0 Å². The number of benzene rings is 2. The van der Waals surface area contributed by atoms with Crippen LogP contribution in [0.4, 0.5) is 0 Å². The van der Waals surface area contributed by atoms with Gasteiger partial charge in [0.15, 0.2) is 4.80 Å². The minimum Gasteiger partial charge on any atom is -0.497 e. The van der Waals surface area contributed by atoms with Gasteiger partial charge in [0.05, 0.1) is 42.7 Å². The fraction of sp³-hybridized carbons (Fsp3) is 0.296. The summed E-state index contributed by atoms with van der Waals surface area (Å²) < 4.78 is 18.1. The summed E-state index contributed by atoms with van der Waals surface area (Å²) in [6.07, 6.45) is 3.92. The molecule has 0 N–H and O–H groups in total. The molecule has 0 amide bonds. The Labute approximate surface area is 207 Å². The van der Waals surface area contributed by atoms with E-state index in [2.05, 4.69) is 11.9 Å². The van der Waals surface area contributed by atoms with Crippen LogP contribution >= 0.6 is 11.3 Å². The number of hydrogen-bond acceptors (Lipinski definition) is 7. The second-order valence-corrected chi connectivity index (χ2v) is 9.13. The van der Waals surface area contributed by atoms with Crippen LogP contribution in [-0.2, 0) is 9.53 Å².